The molecule has 0 spiro atoms. The molecular formula is C17H26N6O2S. The second kappa shape index (κ2) is 7.32. The van der Waals surface area contributed by atoms with Gasteiger partial charge in [0.05, 0.1) is 11.4 Å². The van der Waals surface area contributed by atoms with Crippen LogP contribution in [-0.2, 0) is 10.0 Å². The number of sulfonamides is 1. The van der Waals surface area contributed by atoms with Crippen LogP contribution in [0.25, 0.3) is 5.82 Å². The molecule has 1 aliphatic rings. The number of hydrogen-bond acceptors (Lipinski definition) is 6. The van der Waals surface area contributed by atoms with Crippen LogP contribution in [0.3, 0.4) is 0 Å². The summed E-state index contributed by atoms with van der Waals surface area (Å²) < 4.78 is 27.9. The number of hydrogen-bond donors (Lipinski definition) is 0. The van der Waals surface area contributed by atoms with E-state index < -0.39 is 10.0 Å². The van der Waals surface area contributed by atoms with E-state index in [1.165, 1.54) is 0 Å². The molecule has 8 nitrogen and oxygen atoms in total. The van der Waals surface area contributed by atoms with Crippen LogP contribution < -0.4 is 4.90 Å². The number of nitrogens with zero attached hydrogens (tertiary/aromatic N) is 6. The minimum absolute atomic E-state index is 0.210. The van der Waals surface area contributed by atoms with Crippen molar-refractivity contribution in [2.24, 2.45) is 0 Å². The number of aromatic nitrogens is 4. The van der Waals surface area contributed by atoms with Crippen molar-refractivity contribution in [1.29, 1.82) is 0 Å². The van der Waals surface area contributed by atoms with E-state index in [4.69, 9.17) is 0 Å². The smallest absolute Gasteiger partial charge is 0.214 e. The molecule has 9 heteroatoms. The topological polar surface area (TPSA) is 84.2 Å². The van der Waals surface area contributed by atoms with E-state index in [0.29, 0.717) is 38.4 Å². The van der Waals surface area contributed by atoms with Crippen LogP contribution in [0.2, 0.25) is 0 Å². The van der Waals surface area contributed by atoms with Gasteiger partial charge in [0, 0.05) is 37.9 Å². The molecule has 2 aromatic rings. The monoisotopic (exact) mass is 378 g/mol. The van der Waals surface area contributed by atoms with Crippen LogP contribution in [0.5, 0.6) is 0 Å². The van der Waals surface area contributed by atoms with Gasteiger partial charge in [0.15, 0.2) is 5.82 Å². The first-order chi connectivity index (χ1) is 12.3. The summed E-state index contributed by atoms with van der Waals surface area (Å²) in [6.07, 6.45) is 0.639. The normalized spacial score (nSPS) is 16.2. The molecule has 0 aliphatic carbocycles. The first-order valence-electron chi connectivity index (χ1n) is 8.92. The minimum Gasteiger partial charge on any atom is -0.354 e. The van der Waals surface area contributed by atoms with Crippen molar-refractivity contribution in [2.45, 2.75) is 34.1 Å². The van der Waals surface area contributed by atoms with Crippen molar-refractivity contribution >= 4 is 15.8 Å². The van der Waals surface area contributed by atoms with Crippen LogP contribution in [0.1, 0.15) is 30.6 Å². The van der Waals surface area contributed by atoms with Crippen molar-refractivity contribution in [3.05, 3.63) is 29.3 Å². The molecule has 0 atom stereocenters. The zero-order valence-electron chi connectivity index (χ0n) is 15.8. The maximum absolute atomic E-state index is 12.2. The van der Waals surface area contributed by atoms with E-state index >= 15 is 0 Å². The van der Waals surface area contributed by atoms with Gasteiger partial charge in [-0.1, -0.05) is 6.92 Å². The van der Waals surface area contributed by atoms with Gasteiger partial charge in [0.1, 0.15) is 11.6 Å². The van der Waals surface area contributed by atoms with Crippen molar-refractivity contribution in [3.63, 3.8) is 0 Å². The highest BCUT2D eigenvalue weighted by Gasteiger charge is 2.27. The average molecular weight is 379 g/mol. The molecule has 3 heterocycles. The van der Waals surface area contributed by atoms with E-state index in [2.05, 4.69) is 20.0 Å². The van der Waals surface area contributed by atoms with Gasteiger partial charge in [-0.2, -0.15) is 9.40 Å². The quantitative estimate of drug-likeness (QED) is 0.783. The molecule has 2 aromatic heterocycles. The molecule has 0 N–H and O–H groups in total. The molecule has 0 radical (unpaired) electrons. The van der Waals surface area contributed by atoms with E-state index in [-0.39, 0.29) is 5.75 Å². The fraction of sp³-hybridized carbons (Fsp3) is 0.588. The van der Waals surface area contributed by atoms with Gasteiger partial charge < -0.3 is 4.90 Å². The highest BCUT2D eigenvalue weighted by Crippen LogP contribution is 2.19. The van der Waals surface area contributed by atoms with Crippen molar-refractivity contribution < 1.29 is 8.42 Å². The molecule has 1 aliphatic heterocycles. The number of piperazine rings is 1. The Hall–Kier alpha value is -2.00. The summed E-state index contributed by atoms with van der Waals surface area (Å²) in [4.78, 5) is 11.2. The van der Waals surface area contributed by atoms with Gasteiger partial charge in [0.25, 0.3) is 0 Å². The second-order valence-corrected chi connectivity index (χ2v) is 8.76. The third-order valence-corrected chi connectivity index (χ3v) is 6.53. The summed E-state index contributed by atoms with van der Waals surface area (Å²) in [5.41, 5.74) is 1.96. The number of aryl methyl sites for hydroxylation is 3. The van der Waals surface area contributed by atoms with Gasteiger partial charge >= 0.3 is 0 Å². The minimum atomic E-state index is -3.14. The van der Waals surface area contributed by atoms with Crippen LogP contribution >= 0.6 is 0 Å². The van der Waals surface area contributed by atoms with Crippen molar-refractivity contribution in [1.82, 2.24) is 24.1 Å². The van der Waals surface area contributed by atoms with Gasteiger partial charge in [0.2, 0.25) is 10.0 Å². The molecule has 0 amide bonds. The molecule has 0 aromatic carbocycles. The SMILES string of the molecule is CCCS(=O)(=O)N1CCN(c2cc(-n3nc(C)cc3C)nc(C)n2)CC1. The van der Waals surface area contributed by atoms with Gasteiger partial charge in [-0.3, -0.25) is 0 Å². The maximum atomic E-state index is 12.2. The first-order valence-corrected chi connectivity index (χ1v) is 10.5. The Morgan fingerprint density at radius 2 is 1.65 bits per heavy atom. The maximum Gasteiger partial charge on any atom is 0.214 e. The summed E-state index contributed by atoms with van der Waals surface area (Å²) in [7, 11) is -3.14. The lowest BCUT2D eigenvalue weighted by Crippen LogP contribution is -2.49. The molecule has 0 unspecified atom stereocenters. The third kappa shape index (κ3) is 3.88. The Bertz CT molecular complexity index is 885. The summed E-state index contributed by atoms with van der Waals surface area (Å²) in [6, 6.07) is 3.93. The predicted molar refractivity (Wildman–Crippen MR) is 101 cm³/mol. The lowest BCUT2D eigenvalue weighted by molar-refractivity contribution is 0.383. The van der Waals surface area contributed by atoms with E-state index in [1.54, 1.807) is 4.31 Å². The summed E-state index contributed by atoms with van der Waals surface area (Å²) in [5, 5.41) is 4.49. The molecule has 0 bridgehead atoms. The standard InChI is InChI=1S/C17H26N6O2S/c1-5-10-26(24,25)22-8-6-21(7-9-22)16-12-17(19-15(4)18-16)23-14(3)11-13(2)20-23/h11-12H,5-10H2,1-4H3. The van der Waals surface area contributed by atoms with Crippen molar-refractivity contribution in [3.8, 4) is 5.82 Å². The molecule has 142 valence electrons. The predicted octanol–water partition coefficient (Wildman–Crippen LogP) is 1.45. The van der Waals surface area contributed by atoms with Gasteiger partial charge in [-0.05, 0) is 33.3 Å². The Kier molecular flexibility index (Phi) is 5.29. The fourth-order valence-corrected chi connectivity index (χ4v) is 4.74. The molecule has 3 rings (SSSR count). The highest BCUT2D eigenvalue weighted by atomic mass is 32.2. The average Bonchev–Trinajstić information content (AvgIpc) is 2.93. The fourth-order valence-electron chi connectivity index (χ4n) is 3.25. The molecule has 0 saturated carbocycles. The molecular weight excluding hydrogens is 352 g/mol. The lowest BCUT2D eigenvalue weighted by Gasteiger charge is -2.34. The summed E-state index contributed by atoms with van der Waals surface area (Å²) in [5.74, 6) is 2.43. The molecule has 26 heavy (non-hydrogen) atoms. The number of rotatable bonds is 5. The zero-order valence-corrected chi connectivity index (χ0v) is 16.6. The lowest BCUT2D eigenvalue weighted by atomic mass is 10.3. The van der Waals surface area contributed by atoms with Gasteiger partial charge in [-0.25, -0.2) is 23.1 Å². The van der Waals surface area contributed by atoms with E-state index in [9.17, 15) is 8.42 Å². The Morgan fingerprint density at radius 3 is 2.23 bits per heavy atom. The van der Waals surface area contributed by atoms with E-state index in [0.717, 1.165) is 23.0 Å². The highest BCUT2D eigenvalue weighted by molar-refractivity contribution is 7.89. The summed E-state index contributed by atoms with van der Waals surface area (Å²) >= 11 is 0. The van der Waals surface area contributed by atoms with Crippen molar-refractivity contribution in [2.75, 3.05) is 36.8 Å². The van der Waals surface area contributed by atoms with Crippen LogP contribution in [0.15, 0.2) is 12.1 Å². The Balaban J connectivity index is 1.80. The summed E-state index contributed by atoms with van der Waals surface area (Å²) in [6.45, 7) is 9.91. The van der Waals surface area contributed by atoms with E-state index in [1.807, 2.05) is 44.5 Å². The first kappa shape index (κ1) is 18.8. The van der Waals surface area contributed by atoms with Gasteiger partial charge in [-0.15, -0.1) is 0 Å². The molecule has 1 fully saturated rings. The van der Waals surface area contributed by atoms with Crippen LogP contribution in [0, 0.1) is 20.8 Å². The number of anilines is 1. The van der Waals surface area contributed by atoms with Crippen LogP contribution in [0.4, 0.5) is 5.82 Å². The Labute approximate surface area is 154 Å². The molecule has 1 saturated heterocycles. The van der Waals surface area contributed by atoms with Crippen LogP contribution in [-0.4, -0.2) is 64.4 Å². The third-order valence-electron chi connectivity index (χ3n) is 4.46. The zero-order chi connectivity index (χ0) is 18.9. The Morgan fingerprint density at radius 1 is 1.00 bits per heavy atom. The largest absolute Gasteiger partial charge is 0.354 e. The second-order valence-electron chi connectivity index (χ2n) is 6.67.